The zero-order valence-corrected chi connectivity index (χ0v) is 21.9. The third-order valence-electron chi connectivity index (χ3n) is 7.23. The van der Waals surface area contributed by atoms with Crippen molar-refractivity contribution in [3.63, 3.8) is 0 Å². The smallest absolute Gasteiger partial charge is 0.200 e. The molecule has 0 amide bonds. The molecule has 0 saturated heterocycles. The third kappa shape index (κ3) is 8.42. The van der Waals surface area contributed by atoms with Gasteiger partial charge in [0.15, 0.2) is 23.0 Å². The van der Waals surface area contributed by atoms with E-state index in [4.69, 9.17) is 14.2 Å². The summed E-state index contributed by atoms with van der Waals surface area (Å²) < 4.78 is 16.5. The normalized spacial score (nSPS) is 16.7. The third-order valence-corrected chi connectivity index (χ3v) is 7.23. The highest BCUT2D eigenvalue weighted by atomic mass is 16.5. The average Bonchev–Trinajstić information content (AvgIpc) is 2.90. The number of ether oxygens (including phenoxy) is 3. The summed E-state index contributed by atoms with van der Waals surface area (Å²) in [6.07, 6.45) is 5.93. The van der Waals surface area contributed by atoms with Crippen LogP contribution in [0.15, 0.2) is 30.3 Å². The maximum atomic E-state index is 10.9. The number of aromatic hydroxyl groups is 2. The Morgan fingerprint density at radius 2 is 1.51 bits per heavy atom. The maximum absolute atomic E-state index is 10.9. The molecule has 37 heavy (non-hydrogen) atoms. The molecule has 0 aliphatic heterocycles. The largest absolute Gasteiger partial charge is 0.504 e. The highest BCUT2D eigenvalue weighted by molar-refractivity contribution is 5.52. The van der Waals surface area contributed by atoms with Crippen molar-refractivity contribution in [3.05, 3.63) is 41.5 Å². The van der Waals surface area contributed by atoms with Crippen LogP contribution < -0.4 is 14.2 Å². The van der Waals surface area contributed by atoms with Crippen LogP contribution in [-0.2, 0) is 12.8 Å². The van der Waals surface area contributed by atoms with Crippen LogP contribution in [0.25, 0.3) is 0 Å². The summed E-state index contributed by atoms with van der Waals surface area (Å²) in [7, 11) is 2.92. The molecule has 1 aliphatic rings. The van der Waals surface area contributed by atoms with E-state index in [1.54, 1.807) is 18.2 Å². The second kappa shape index (κ2) is 14.3. The van der Waals surface area contributed by atoms with Crippen LogP contribution in [0.2, 0.25) is 0 Å². The molecule has 1 fully saturated rings. The van der Waals surface area contributed by atoms with E-state index in [9.17, 15) is 25.5 Å². The maximum Gasteiger partial charge on any atom is 0.200 e. The second-order valence-corrected chi connectivity index (χ2v) is 10.0. The first-order chi connectivity index (χ1) is 17.8. The molecule has 0 radical (unpaired) electrons. The second-order valence-electron chi connectivity index (χ2n) is 10.0. The minimum atomic E-state index is -0.817. The van der Waals surface area contributed by atoms with E-state index in [-0.39, 0.29) is 36.5 Å². The Balaban J connectivity index is 1.59. The Hall–Kier alpha value is -2.68. The molecule has 0 spiro atoms. The summed E-state index contributed by atoms with van der Waals surface area (Å²) in [5.74, 6) is 0.826. The van der Waals surface area contributed by atoms with Gasteiger partial charge in [-0.3, -0.25) is 0 Å². The molecule has 0 aromatic heterocycles. The first-order valence-corrected chi connectivity index (χ1v) is 13.2. The van der Waals surface area contributed by atoms with E-state index in [2.05, 4.69) is 0 Å². The fourth-order valence-electron chi connectivity index (χ4n) is 5.06. The van der Waals surface area contributed by atoms with Gasteiger partial charge in [-0.2, -0.15) is 0 Å². The van der Waals surface area contributed by atoms with Crippen molar-refractivity contribution >= 4 is 0 Å². The number of phenolic OH excluding ortho intramolecular Hbond substituents is 2. The highest BCUT2D eigenvalue weighted by Gasteiger charge is 2.24. The van der Waals surface area contributed by atoms with E-state index in [0.717, 1.165) is 36.8 Å². The van der Waals surface area contributed by atoms with Gasteiger partial charge in [0, 0.05) is 6.61 Å². The molecule has 1 saturated carbocycles. The molecule has 0 heterocycles. The molecular formula is C29H42O8. The van der Waals surface area contributed by atoms with Crippen LogP contribution >= 0.6 is 0 Å². The van der Waals surface area contributed by atoms with Gasteiger partial charge in [0.2, 0.25) is 5.75 Å². The van der Waals surface area contributed by atoms with Crippen LogP contribution in [0.3, 0.4) is 0 Å². The lowest BCUT2D eigenvalue weighted by Crippen LogP contribution is -2.28. The number of hydrogen-bond acceptors (Lipinski definition) is 8. The van der Waals surface area contributed by atoms with Crippen molar-refractivity contribution in [3.8, 4) is 28.7 Å². The summed E-state index contributed by atoms with van der Waals surface area (Å²) in [5.41, 5.74) is 1.74. The molecule has 8 heteroatoms. The zero-order valence-electron chi connectivity index (χ0n) is 21.9. The number of aryl methyl sites for hydroxylation is 1. The minimum Gasteiger partial charge on any atom is -0.504 e. The number of hydrogen-bond donors (Lipinski definition) is 5. The van der Waals surface area contributed by atoms with Crippen LogP contribution in [0.1, 0.15) is 62.5 Å². The summed E-state index contributed by atoms with van der Waals surface area (Å²) >= 11 is 0. The predicted molar refractivity (Wildman–Crippen MR) is 141 cm³/mol. The molecule has 5 N–H and O–H groups in total. The minimum absolute atomic E-state index is 0.0712. The molecule has 206 valence electrons. The predicted octanol–water partition coefficient (Wildman–Crippen LogP) is 4.11. The number of phenols is 2. The summed E-state index contributed by atoms with van der Waals surface area (Å²) in [6, 6.07) is 8.65. The SMILES string of the molecule is COc1cc(CC[C@H](O)C[C@@H](O)[C@H](CCO)Cc2ccc(O)c(OC3CCCCC3)c2)cc(OC)c1O. The average molecular weight is 519 g/mol. The zero-order chi connectivity index (χ0) is 26.8. The topological polar surface area (TPSA) is 129 Å². The van der Waals surface area contributed by atoms with E-state index in [1.165, 1.54) is 20.6 Å². The van der Waals surface area contributed by atoms with Gasteiger partial charge in [0.25, 0.3) is 0 Å². The number of aliphatic hydroxyl groups is 3. The molecule has 0 unspecified atom stereocenters. The van der Waals surface area contributed by atoms with Gasteiger partial charge in [0.05, 0.1) is 32.5 Å². The van der Waals surface area contributed by atoms with Crippen molar-refractivity contribution in [2.45, 2.75) is 82.5 Å². The number of aliphatic hydroxyl groups excluding tert-OH is 3. The Bertz CT molecular complexity index is 947. The standard InChI is InChI=1S/C29H42O8/c1-35-27-16-20(17-28(36-2)29(27)34)8-10-22(31)18-25(33)21(12-13-30)14-19-9-11-24(32)26(15-19)37-23-6-4-3-5-7-23/h9,11,15-17,21-23,25,30-34H,3-8,10,12-14,18H2,1-2H3/t21-,22+,25-/m1/s1. The van der Waals surface area contributed by atoms with E-state index in [1.807, 2.05) is 12.1 Å². The quantitative estimate of drug-likeness (QED) is 0.253. The molecule has 2 aromatic rings. The van der Waals surface area contributed by atoms with Gasteiger partial charge in [0.1, 0.15) is 0 Å². The summed E-state index contributed by atoms with van der Waals surface area (Å²) in [6.45, 7) is -0.0750. The van der Waals surface area contributed by atoms with Crippen LogP contribution in [0.5, 0.6) is 28.7 Å². The van der Waals surface area contributed by atoms with Crippen LogP contribution in [0, 0.1) is 5.92 Å². The molecule has 3 atom stereocenters. The van der Waals surface area contributed by atoms with Crippen molar-refractivity contribution in [2.75, 3.05) is 20.8 Å². The molecule has 8 nitrogen and oxygen atoms in total. The van der Waals surface area contributed by atoms with E-state index >= 15 is 0 Å². The molecule has 2 aromatic carbocycles. The van der Waals surface area contributed by atoms with Gasteiger partial charge >= 0.3 is 0 Å². The van der Waals surface area contributed by atoms with Gasteiger partial charge in [-0.05, 0) is 99.1 Å². The Kier molecular flexibility index (Phi) is 11.2. The first kappa shape index (κ1) is 28.9. The molecule has 1 aliphatic carbocycles. The van der Waals surface area contributed by atoms with Gasteiger partial charge in [-0.15, -0.1) is 0 Å². The number of benzene rings is 2. The summed E-state index contributed by atoms with van der Waals surface area (Å²) in [5, 5.41) is 51.6. The molecule has 0 bridgehead atoms. The van der Waals surface area contributed by atoms with Crippen LogP contribution in [0.4, 0.5) is 0 Å². The number of methoxy groups -OCH3 is 2. The fraction of sp³-hybridized carbons (Fsp3) is 0.586. The molecular weight excluding hydrogens is 476 g/mol. The fourth-order valence-corrected chi connectivity index (χ4v) is 5.06. The number of rotatable bonds is 14. The monoisotopic (exact) mass is 518 g/mol. The lowest BCUT2D eigenvalue weighted by atomic mass is 9.87. The van der Waals surface area contributed by atoms with Crippen molar-refractivity contribution in [1.29, 1.82) is 0 Å². The first-order valence-electron chi connectivity index (χ1n) is 13.2. The Labute approximate surface area is 219 Å². The summed E-state index contributed by atoms with van der Waals surface area (Å²) in [4.78, 5) is 0. The van der Waals surface area contributed by atoms with Gasteiger partial charge in [-0.1, -0.05) is 12.5 Å². The van der Waals surface area contributed by atoms with Gasteiger partial charge < -0.3 is 39.7 Å². The molecule has 3 rings (SSSR count). The lowest BCUT2D eigenvalue weighted by Gasteiger charge is -2.26. The van der Waals surface area contributed by atoms with Gasteiger partial charge in [-0.25, -0.2) is 0 Å². The van der Waals surface area contributed by atoms with E-state index in [0.29, 0.717) is 42.9 Å². The van der Waals surface area contributed by atoms with E-state index < -0.39 is 12.2 Å². The van der Waals surface area contributed by atoms with Crippen molar-refractivity contribution in [1.82, 2.24) is 0 Å². The van der Waals surface area contributed by atoms with Crippen LogP contribution in [-0.4, -0.2) is 64.7 Å². The lowest BCUT2D eigenvalue weighted by molar-refractivity contribution is 0.0320. The Morgan fingerprint density at radius 1 is 0.865 bits per heavy atom. The Morgan fingerprint density at radius 3 is 2.14 bits per heavy atom. The highest BCUT2D eigenvalue weighted by Crippen LogP contribution is 2.37. The van der Waals surface area contributed by atoms with Crippen molar-refractivity contribution < 1.29 is 39.7 Å². The van der Waals surface area contributed by atoms with Crippen molar-refractivity contribution in [2.24, 2.45) is 5.92 Å².